The summed E-state index contributed by atoms with van der Waals surface area (Å²) in [6.07, 6.45) is 3.85. The van der Waals surface area contributed by atoms with Gasteiger partial charge in [0, 0.05) is 15.5 Å². The zero-order valence-electron chi connectivity index (χ0n) is 10.7. The van der Waals surface area contributed by atoms with Crippen LogP contribution >= 0.6 is 15.9 Å². The molecule has 0 saturated heterocycles. The Morgan fingerprint density at radius 3 is 2.59 bits per heavy atom. The van der Waals surface area contributed by atoms with Crippen LogP contribution in [0.3, 0.4) is 0 Å². The van der Waals surface area contributed by atoms with Gasteiger partial charge in [0.05, 0.1) is 0 Å². The number of hydrogen-bond donors (Lipinski definition) is 1. The number of rotatable bonds is 1. The molecule has 3 atom stereocenters. The summed E-state index contributed by atoms with van der Waals surface area (Å²) in [6, 6.07) is 4.03. The van der Waals surface area contributed by atoms with Gasteiger partial charge in [-0.15, -0.1) is 0 Å². The molecule has 92 valence electrons. The van der Waals surface area contributed by atoms with E-state index in [1.54, 1.807) is 0 Å². The van der Waals surface area contributed by atoms with Crippen LogP contribution in [0.15, 0.2) is 16.6 Å². The van der Waals surface area contributed by atoms with E-state index in [-0.39, 0.29) is 5.41 Å². The number of aryl methyl sites for hydroxylation is 1. The highest BCUT2D eigenvalue weighted by Crippen LogP contribution is 2.73. The first kappa shape index (κ1) is 11.6. The Morgan fingerprint density at radius 2 is 2.06 bits per heavy atom. The second-order valence-corrected chi connectivity index (χ2v) is 7.16. The summed E-state index contributed by atoms with van der Waals surface area (Å²) >= 11 is 3.59. The molecule has 0 aliphatic heterocycles. The SMILES string of the molecule is Cc1cc(O)c([C@@]2(C)CC[C@H]3C[C@]32C)cc1Br. The lowest BCUT2D eigenvalue weighted by Gasteiger charge is -2.34. The summed E-state index contributed by atoms with van der Waals surface area (Å²) in [6.45, 7) is 6.74. The molecule has 2 saturated carbocycles. The lowest BCUT2D eigenvalue weighted by Crippen LogP contribution is -2.29. The molecule has 1 N–H and O–H groups in total. The minimum Gasteiger partial charge on any atom is -0.508 e. The van der Waals surface area contributed by atoms with Gasteiger partial charge >= 0.3 is 0 Å². The minimum atomic E-state index is 0.151. The Kier molecular flexibility index (Phi) is 2.24. The Balaban J connectivity index is 2.13. The van der Waals surface area contributed by atoms with Crippen LogP contribution < -0.4 is 0 Å². The number of phenols is 1. The third-order valence-corrected chi connectivity index (χ3v) is 6.39. The zero-order valence-corrected chi connectivity index (χ0v) is 12.3. The Morgan fingerprint density at radius 1 is 1.35 bits per heavy atom. The van der Waals surface area contributed by atoms with Crippen molar-refractivity contribution in [3.63, 3.8) is 0 Å². The fraction of sp³-hybridized carbons (Fsp3) is 0.600. The Bertz CT molecular complexity index is 494. The summed E-state index contributed by atoms with van der Waals surface area (Å²) in [7, 11) is 0. The molecule has 2 aliphatic rings. The summed E-state index contributed by atoms with van der Waals surface area (Å²) in [4.78, 5) is 0. The van der Waals surface area contributed by atoms with E-state index in [2.05, 4.69) is 35.8 Å². The summed E-state index contributed by atoms with van der Waals surface area (Å²) in [5.41, 5.74) is 2.81. The topological polar surface area (TPSA) is 20.2 Å². The van der Waals surface area contributed by atoms with Crippen molar-refractivity contribution >= 4 is 15.9 Å². The Labute approximate surface area is 111 Å². The van der Waals surface area contributed by atoms with E-state index >= 15 is 0 Å². The van der Waals surface area contributed by atoms with Crippen molar-refractivity contribution in [3.05, 3.63) is 27.7 Å². The molecule has 1 nitrogen and oxygen atoms in total. The number of halogens is 1. The van der Waals surface area contributed by atoms with E-state index in [0.29, 0.717) is 11.2 Å². The first-order valence-corrected chi connectivity index (χ1v) is 7.17. The fourth-order valence-corrected chi connectivity index (χ4v) is 4.19. The van der Waals surface area contributed by atoms with Gasteiger partial charge in [0.25, 0.3) is 0 Å². The van der Waals surface area contributed by atoms with Crippen molar-refractivity contribution in [3.8, 4) is 5.75 Å². The molecule has 2 heteroatoms. The van der Waals surface area contributed by atoms with Crippen molar-refractivity contribution in [2.24, 2.45) is 11.3 Å². The van der Waals surface area contributed by atoms with Gasteiger partial charge in [0.15, 0.2) is 0 Å². The van der Waals surface area contributed by atoms with E-state index in [1.165, 1.54) is 19.3 Å². The van der Waals surface area contributed by atoms with Crippen LogP contribution in [0.5, 0.6) is 5.75 Å². The molecule has 0 radical (unpaired) electrons. The summed E-state index contributed by atoms with van der Waals surface area (Å²) < 4.78 is 1.11. The highest BCUT2D eigenvalue weighted by Gasteiger charge is 2.66. The lowest BCUT2D eigenvalue weighted by molar-refractivity contribution is 0.299. The van der Waals surface area contributed by atoms with Crippen molar-refractivity contribution in [1.29, 1.82) is 0 Å². The van der Waals surface area contributed by atoms with Crippen molar-refractivity contribution in [1.82, 2.24) is 0 Å². The molecule has 2 fully saturated rings. The van der Waals surface area contributed by atoms with Gasteiger partial charge in [-0.2, -0.15) is 0 Å². The molecule has 0 bridgehead atoms. The average Bonchev–Trinajstić information content (AvgIpc) is 2.87. The molecule has 2 aliphatic carbocycles. The number of hydrogen-bond acceptors (Lipinski definition) is 1. The van der Waals surface area contributed by atoms with Crippen LogP contribution in [0.25, 0.3) is 0 Å². The maximum Gasteiger partial charge on any atom is 0.119 e. The minimum absolute atomic E-state index is 0.151. The summed E-state index contributed by atoms with van der Waals surface area (Å²) in [5.74, 6) is 1.36. The van der Waals surface area contributed by atoms with Gasteiger partial charge in [0.1, 0.15) is 5.75 Å². The number of benzene rings is 1. The Hall–Kier alpha value is -0.500. The van der Waals surface area contributed by atoms with Crippen LogP contribution in [0.2, 0.25) is 0 Å². The van der Waals surface area contributed by atoms with E-state index in [1.807, 2.05) is 13.0 Å². The highest BCUT2D eigenvalue weighted by atomic mass is 79.9. The maximum absolute atomic E-state index is 10.3. The molecule has 0 aromatic heterocycles. The van der Waals surface area contributed by atoms with Gasteiger partial charge in [-0.25, -0.2) is 0 Å². The first-order chi connectivity index (χ1) is 7.88. The smallest absolute Gasteiger partial charge is 0.119 e. The quantitative estimate of drug-likeness (QED) is 0.806. The summed E-state index contributed by atoms with van der Waals surface area (Å²) in [5, 5.41) is 10.3. The molecule has 17 heavy (non-hydrogen) atoms. The third kappa shape index (κ3) is 1.36. The van der Waals surface area contributed by atoms with Crippen LogP contribution in [0, 0.1) is 18.3 Å². The average molecular weight is 295 g/mol. The largest absolute Gasteiger partial charge is 0.508 e. The lowest BCUT2D eigenvalue weighted by atomic mass is 9.70. The predicted octanol–water partition coefficient (Wildman–Crippen LogP) is 4.54. The van der Waals surface area contributed by atoms with Gasteiger partial charge in [-0.05, 0) is 55.2 Å². The molecule has 0 amide bonds. The highest BCUT2D eigenvalue weighted by molar-refractivity contribution is 9.10. The van der Waals surface area contributed by atoms with Crippen molar-refractivity contribution in [2.45, 2.75) is 45.4 Å². The third-order valence-electron chi connectivity index (χ3n) is 5.54. The molecular weight excluding hydrogens is 276 g/mol. The van der Waals surface area contributed by atoms with Gasteiger partial charge in [-0.1, -0.05) is 29.8 Å². The number of phenolic OH excluding ortho intramolecular Hbond substituents is 1. The molecule has 0 unspecified atom stereocenters. The zero-order chi connectivity index (χ0) is 12.4. The van der Waals surface area contributed by atoms with E-state index < -0.39 is 0 Å². The maximum atomic E-state index is 10.3. The molecule has 1 aromatic carbocycles. The fourth-order valence-electron chi connectivity index (χ4n) is 3.85. The number of aromatic hydroxyl groups is 1. The normalized spacial score (nSPS) is 39.2. The molecule has 1 aromatic rings. The van der Waals surface area contributed by atoms with Crippen molar-refractivity contribution in [2.75, 3.05) is 0 Å². The number of fused-ring (bicyclic) bond motifs is 1. The van der Waals surface area contributed by atoms with E-state index in [0.717, 1.165) is 21.5 Å². The van der Waals surface area contributed by atoms with Crippen LogP contribution in [0.4, 0.5) is 0 Å². The second kappa shape index (κ2) is 3.28. The predicted molar refractivity (Wildman–Crippen MR) is 73.3 cm³/mol. The van der Waals surface area contributed by atoms with E-state index in [9.17, 15) is 5.11 Å². The molecular formula is C15H19BrO. The molecule has 0 heterocycles. The van der Waals surface area contributed by atoms with Crippen LogP contribution in [-0.2, 0) is 5.41 Å². The van der Waals surface area contributed by atoms with Crippen LogP contribution in [0.1, 0.15) is 44.2 Å². The van der Waals surface area contributed by atoms with E-state index in [4.69, 9.17) is 0 Å². The molecule has 0 spiro atoms. The van der Waals surface area contributed by atoms with Gasteiger partial charge in [0.2, 0.25) is 0 Å². The van der Waals surface area contributed by atoms with Gasteiger partial charge in [-0.3, -0.25) is 0 Å². The van der Waals surface area contributed by atoms with Crippen molar-refractivity contribution < 1.29 is 5.11 Å². The second-order valence-electron chi connectivity index (χ2n) is 6.31. The standard InChI is InChI=1S/C15H19BrO/c1-9-6-13(17)11(7-12(9)16)14(2)5-4-10-8-15(10,14)3/h6-7,10,17H,4-5,8H2,1-3H3/t10-,14+,15+/m0/s1. The van der Waals surface area contributed by atoms with Crippen LogP contribution in [-0.4, -0.2) is 5.11 Å². The molecule has 3 rings (SSSR count). The first-order valence-electron chi connectivity index (χ1n) is 6.38. The van der Waals surface area contributed by atoms with Gasteiger partial charge < -0.3 is 5.11 Å². The monoisotopic (exact) mass is 294 g/mol.